The highest BCUT2D eigenvalue weighted by Crippen LogP contribution is 2.19. The molecule has 0 radical (unpaired) electrons. The molecule has 100 valence electrons. The van der Waals surface area contributed by atoms with Crippen molar-refractivity contribution in [3.63, 3.8) is 0 Å². The van der Waals surface area contributed by atoms with Gasteiger partial charge in [0.15, 0.2) is 5.69 Å². The van der Waals surface area contributed by atoms with E-state index in [2.05, 4.69) is 5.10 Å². The summed E-state index contributed by atoms with van der Waals surface area (Å²) in [5, 5.41) is 22.3. The van der Waals surface area contributed by atoms with E-state index < -0.39 is 11.9 Å². The Balaban J connectivity index is 2.19. The molecule has 0 unspecified atom stereocenters. The summed E-state index contributed by atoms with van der Waals surface area (Å²) in [5.74, 6) is -1.88. The summed E-state index contributed by atoms with van der Waals surface area (Å²) in [6.45, 7) is 0.515. The topological polar surface area (TPSA) is 92.4 Å². The van der Waals surface area contributed by atoms with E-state index in [1.54, 1.807) is 16.8 Å². The summed E-state index contributed by atoms with van der Waals surface area (Å²) in [6.07, 6.45) is 1.31. The third-order valence-corrected chi connectivity index (χ3v) is 2.87. The average Bonchev–Trinajstić information content (AvgIpc) is 2.74. The van der Waals surface area contributed by atoms with E-state index in [1.165, 1.54) is 0 Å². The van der Waals surface area contributed by atoms with Crippen LogP contribution < -0.4 is 0 Å². The zero-order valence-electron chi connectivity index (χ0n) is 10.2. The molecule has 19 heavy (non-hydrogen) atoms. The Morgan fingerprint density at radius 3 is 2.58 bits per heavy atom. The van der Waals surface area contributed by atoms with E-state index in [1.807, 2.05) is 12.1 Å². The first-order chi connectivity index (χ1) is 9.09. The maximum atomic E-state index is 11.1. The predicted molar refractivity (Wildman–Crippen MR) is 68.2 cm³/mol. The predicted octanol–water partition coefficient (Wildman–Crippen LogP) is 1.99. The van der Waals surface area contributed by atoms with Crippen LogP contribution in [0.2, 0.25) is 0 Å². The number of nitrogens with zero attached hydrogens (tertiary/aromatic N) is 2. The van der Waals surface area contributed by atoms with Gasteiger partial charge in [0.05, 0.1) is 5.52 Å². The van der Waals surface area contributed by atoms with Gasteiger partial charge in [-0.25, -0.2) is 4.79 Å². The van der Waals surface area contributed by atoms with Gasteiger partial charge in [-0.05, 0) is 18.9 Å². The summed E-state index contributed by atoms with van der Waals surface area (Å²) in [7, 11) is 0. The standard InChI is InChI=1S/C13H14N2O4/c16-11(17)7-3-4-8-15-10-6-2-1-5-9(10)12(14-15)13(18)19/h1-2,5-6H,3-4,7-8H2,(H,16,17)(H,18,19). The summed E-state index contributed by atoms with van der Waals surface area (Å²) < 4.78 is 1.63. The fourth-order valence-corrected chi connectivity index (χ4v) is 1.99. The van der Waals surface area contributed by atoms with Gasteiger partial charge in [0.25, 0.3) is 0 Å². The van der Waals surface area contributed by atoms with E-state index in [0.717, 1.165) is 5.52 Å². The molecule has 0 atom stereocenters. The summed E-state index contributed by atoms with van der Waals surface area (Å²) >= 11 is 0. The lowest BCUT2D eigenvalue weighted by molar-refractivity contribution is -0.137. The molecule has 2 aromatic rings. The van der Waals surface area contributed by atoms with Crippen molar-refractivity contribution in [2.75, 3.05) is 0 Å². The van der Waals surface area contributed by atoms with E-state index in [4.69, 9.17) is 10.2 Å². The van der Waals surface area contributed by atoms with Crippen molar-refractivity contribution in [3.8, 4) is 0 Å². The SMILES string of the molecule is O=C(O)CCCCn1nc(C(=O)O)c2ccccc21. The van der Waals surface area contributed by atoms with Crippen LogP contribution in [0.15, 0.2) is 24.3 Å². The van der Waals surface area contributed by atoms with Gasteiger partial charge in [0.2, 0.25) is 0 Å². The van der Waals surface area contributed by atoms with Crippen LogP contribution in [0.5, 0.6) is 0 Å². The number of unbranched alkanes of at least 4 members (excludes halogenated alkanes) is 1. The molecule has 2 N–H and O–H groups in total. The third-order valence-electron chi connectivity index (χ3n) is 2.87. The Labute approximate surface area is 109 Å². The van der Waals surface area contributed by atoms with Gasteiger partial charge in [-0.3, -0.25) is 9.48 Å². The van der Waals surface area contributed by atoms with Crippen molar-refractivity contribution in [2.45, 2.75) is 25.8 Å². The van der Waals surface area contributed by atoms with Gasteiger partial charge in [0.1, 0.15) is 0 Å². The lowest BCUT2D eigenvalue weighted by atomic mass is 10.2. The number of aromatic carboxylic acids is 1. The number of aromatic nitrogens is 2. The monoisotopic (exact) mass is 262 g/mol. The van der Waals surface area contributed by atoms with E-state index >= 15 is 0 Å². The van der Waals surface area contributed by atoms with Crippen LogP contribution in [0, 0.1) is 0 Å². The first kappa shape index (κ1) is 13.1. The minimum Gasteiger partial charge on any atom is -0.481 e. The fraction of sp³-hybridized carbons (Fsp3) is 0.308. The second kappa shape index (κ2) is 5.51. The highest BCUT2D eigenvalue weighted by atomic mass is 16.4. The maximum Gasteiger partial charge on any atom is 0.357 e. The minimum atomic E-state index is -1.06. The summed E-state index contributed by atoms with van der Waals surface area (Å²) in [4.78, 5) is 21.5. The molecule has 0 fully saturated rings. The number of carboxylic acid groups (broad SMARTS) is 2. The molecule has 6 heteroatoms. The van der Waals surface area contributed by atoms with Crippen LogP contribution in [0.25, 0.3) is 10.9 Å². The molecule has 0 aliphatic heterocycles. The zero-order chi connectivity index (χ0) is 13.8. The number of aliphatic carboxylic acids is 1. The lowest BCUT2D eigenvalue weighted by Gasteiger charge is -2.02. The highest BCUT2D eigenvalue weighted by Gasteiger charge is 2.15. The molecule has 1 heterocycles. The lowest BCUT2D eigenvalue weighted by Crippen LogP contribution is -2.04. The molecule has 0 saturated carbocycles. The van der Waals surface area contributed by atoms with Crippen molar-refractivity contribution in [1.29, 1.82) is 0 Å². The summed E-state index contributed by atoms with van der Waals surface area (Å²) in [5.41, 5.74) is 0.795. The van der Waals surface area contributed by atoms with Crippen LogP contribution >= 0.6 is 0 Å². The molecule has 0 aliphatic rings. The molecular weight excluding hydrogens is 248 g/mol. The first-order valence-electron chi connectivity index (χ1n) is 6.00. The number of aryl methyl sites for hydroxylation is 1. The Morgan fingerprint density at radius 2 is 1.89 bits per heavy atom. The Morgan fingerprint density at radius 1 is 1.16 bits per heavy atom. The number of rotatable bonds is 6. The third kappa shape index (κ3) is 2.90. The molecule has 0 aliphatic carbocycles. The average molecular weight is 262 g/mol. The van der Waals surface area contributed by atoms with Crippen LogP contribution in [0.3, 0.4) is 0 Å². The highest BCUT2D eigenvalue weighted by molar-refractivity contribution is 6.01. The molecule has 1 aromatic carbocycles. The van der Waals surface area contributed by atoms with E-state index in [9.17, 15) is 9.59 Å². The number of hydrogen-bond acceptors (Lipinski definition) is 3. The number of para-hydroxylation sites is 1. The largest absolute Gasteiger partial charge is 0.481 e. The van der Waals surface area contributed by atoms with Crippen molar-refractivity contribution >= 4 is 22.8 Å². The van der Waals surface area contributed by atoms with Gasteiger partial charge >= 0.3 is 11.9 Å². The van der Waals surface area contributed by atoms with Crippen molar-refractivity contribution < 1.29 is 19.8 Å². The Kier molecular flexibility index (Phi) is 3.79. The van der Waals surface area contributed by atoms with Crippen LogP contribution in [-0.4, -0.2) is 31.9 Å². The van der Waals surface area contributed by atoms with E-state index in [-0.39, 0.29) is 12.1 Å². The van der Waals surface area contributed by atoms with Crippen molar-refractivity contribution in [3.05, 3.63) is 30.0 Å². The van der Waals surface area contributed by atoms with Crippen molar-refractivity contribution in [1.82, 2.24) is 9.78 Å². The minimum absolute atomic E-state index is 0.0360. The van der Waals surface area contributed by atoms with E-state index in [0.29, 0.717) is 24.8 Å². The molecular formula is C13H14N2O4. The molecule has 2 rings (SSSR count). The van der Waals surface area contributed by atoms with Crippen LogP contribution in [0.1, 0.15) is 29.8 Å². The van der Waals surface area contributed by atoms with Gasteiger partial charge in [-0.2, -0.15) is 5.10 Å². The molecule has 0 saturated heterocycles. The van der Waals surface area contributed by atoms with Gasteiger partial charge in [-0.15, -0.1) is 0 Å². The first-order valence-corrected chi connectivity index (χ1v) is 6.00. The number of carboxylic acids is 2. The molecule has 0 amide bonds. The Hall–Kier alpha value is -2.37. The molecule has 6 nitrogen and oxygen atoms in total. The second-order valence-electron chi connectivity index (χ2n) is 4.24. The zero-order valence-corrected chi connectivity index (χ0v) is 10.2. The molecule has 0 bridgehead atoms. The van der Waals surface area contributed by atoms with Crippen LogP contribution in [-0.2, 0) is 11.3 Å². The van der Waals surface area contributed by atoms with Crippen LogP contribution in [0.4, 0.5) is 0 Å². The molecule has 0 spiro atoms. The summed E-state index contributed by atoms with van der Waals surface area (Å²) in [6, 6.07) is 7.13. The number of hydrogen-bond donors (Lipinski definition) is 2. The number of fused-ring (bicyclic) bond motifs is 1. The quantitative estimate of drug-likeness (QED) is 0.776. The maximum absolute atomic E-state index is 11.1. The Bertz CT molecular complexity index is 618. The number of benzene rings is 1. The second-order valence-corrected chi connectivity index (χ2v) is 4.24. The van der Waals surface area contributed by atoms with Gasteiger partial charge < -0.3 is 10.2 Å². The smallest absolute Gasteiger partial charge is 0.357 e. The van der Waals surface area contributed by atoms with Gasteiger partial charge in [0, 0.05) is 18.4 Å². The van der Waals surface area contributed by atoms with Crippen molar-refractivity contribution in [2.24, 2.45) is 0 Å². The number of carbonyl (C=O) groups is 2. The van der Waals surface area contributed by atoms with Gasteiger partial charge in [-0.1, -0.05) is 18.2 Å². The fourth-order valence-electron chi connectivity index (χ4n) is 1.99. The molecule has 1 aromatic heterocycles. The normalized spacial score (nSPS) is 10.7.